The number of esters is 1. The Labute approximate surface area is 204 Å². The van der Waals surface area contributed by atoms with Crippen LogP contribution in [-0.2, 0) is 9.53 Å². The minimum Gasteiger partial charge on any atom is -0.469 e. The lowest BCUT2D eigenvalue weighted by atomic mass is 9.93. The maximum Gasteiger partial charge on any atom is 0.307 e. The molecular formula is C25H27ClN4O2S. The number of hydrogen-bond donors (Lipinski definition) is 1. The van der Waals surface area contributed by atoms with Crippen molar-refractivity contribution < 1.29 is 9.53 Å². The SMILES string of the molecule is COC(=O)CCN1C(=S)N[C@@H](c2ccccn2)[C@H]1c1c(C)c(C)n(-c2cccc(Cl)c2)c1C. The van der Waals surface area contributed by atoms with Gasteiger partial charge in [0.25, 0.3) is 0 Å². The summed E-state index contributed by atoms with van der Waals surface area (Å²) in [4.78, 5) is 18.6. The van der Waals surface area contributed by atoms with E-state index >= 15 is 0 Å². The van der Waals surface area contributed by atoms with Crippen LogP contribution in [0.4, 0.5) is 0 Å². The number of nitrogens with zero attached hydrogens (tertiary/aromatic N) is 3. The van der Waals surface area contributed by atoms with E-state index in [1.165, 1.54) is 18.2 Å². The summed E-state index contributed by atoms with van der Waals surface area (Å²) >= 11 is 12.0. The van der Waals surface area contributed by atoms with Gasteiger partial charge in [-0.15, -0.1) is 0 Å². The number of rotatable bonds is 6. The van der Waals surface area contributed by atoms with Crippen molar-refractivity contribution in [2.24, 2.45) is 0 Å². The Balaban J connectivity index is 1.85. The lowest BCUT2D eigenvalue weighted by Gasteiger charge is -2.28. The Kier molecular flexibility index (Phi) is 6.72. The van der Waals surface area contributed by atoms with Crippen molar-refractivity contribution >= 4 is 34.9 Å². The first-order chi connectivity index (χ1) is 15.8. The zero-order chi connectivity index (χ0) is 23.7. The highest BCUT2D eigenvalue weighted by molar-refractivity contribution is 7.80. The first-order valence-corrected chi connectivity index (χ1v) is 11.6. The monoisotopic (exact) mass is 482 g/mol. The number of carbonyl (C=O) groups excluding carboxylic acids is 1. The largest absolute Gasteiger partial charge is 0.469 e. The van der Waals surface area contributed by atoms with Crippen molar-refractivity contribution in [3.63, 3.8) is 0 Å². The van der Waals surface area contributed by atoms with Crippen LogP contribution in [0.25, 0.3) is 5.69 Å². The van der Waals surface area contributed by atoms with Crippen LogP contribution in [0.3, 0.4) is 0 Å². The van der Waals surface area contributed by atoms with Gasteiger partial charge in [0, 0.05) is 40.4 Å². The fourth-order valence-electron chi connectivity index (χ4n) is 4.72. The molecule has 33 heavy (non-hydrogen) atoms. The van der Waals surface area contributed by atoms with Gasteiger partial charge in [0.2, 0.25) is 0 Å². The maximum atomic E-state index is 11.9. The number of carbonyl (C=O) groups is 1. The minimum absolute atomic E-state index is 0.129. The summed E-state index contributed by atoms with van der Waals surface area (Å²) in [5.41, 5.74) is 6.49. The second-order valence-corrected chi connectivity index (χ2v) is 8.99. The van der Waals surface area contributed by atoms with Crippen molar-refractivity contribution in [1.82, 2.24) is 19.8 Å². The van der Waals surface area contributed by atoms with Crippen molar-refractivity contribution in [3.05, 3.63) is 81.9 Å². The fraction of sp³-hybridized carbons (Fsp3) is 0.320. The molecule has 0 spiro atoms. The Morgan fingerprint density at radius 2 is 1.97 bits per heavy atom. The first kappa shape index (κ1) is 23.3. The Morgan fingerprint density at radius 3 is 2.64 bits per heavy atom. The van der Waals surface area contributed by atoms with Crippen LogP contribution in [0.1, 0.15) is 46.7 Å². The van der Waals surface area contributed by atoms with Crippen LogP contribution in [0, 0.1) is 20.8 Å². The molecule has 0 bridgehead atoms. The summed E-state index contributed by atoms with van der Waals surface area (Å²) in [6, 6.07) is 13.4. The molecule has 0 amide bonds. The summed E-state index contributed by atoms with van der Waals surface area (Å²) in [5.74, 6) is -0.265. The normalized spacial score (nSPS) is 17.8. The molecule has 0 unspecified atom stereocenters. The summed E-state index contributed by atoms with van der Waals surface area (Å²) < 4.78 is 7.11. The third kappa shape index (κ3) is 4.35. The number of hydrogen-bond acceptors (Lipinski definition) is 4. The average molecular weight is 483 g/mol. The molecule has 3 heterocycles. The van der Waals surface area contributed by atoms with Crippen LogP contribution in [-0.4, -0.2) is 39.2 Å². The van der Waals surface area contributed by atoms with Crippen molar-refractivity contribution in [2.45, 2.75) is 39.3 Å². The minimum atomic E-state index is -0.265. The van der Waals surface area contributed by atoms with Gasteiger partial charge in [0.15, 0.2) is 5.11 Å². The van der Waals surface area contributed by atoms with Crippen LogP contribution >= 0.6 is 23.8 Å². The maximum absolute atomic E-state index is 11.9. The number of benzene rings is 1. The zero-order valence-corrected chi connectivity index (χ0v) is 20.7. The molecule has 3 aromatic rings. The molecule has 172 valence electrons. The predicted octanol–water partition coefficient (Wildman–Crippen LogP) is 4.99. The number of ether oxygens (including phenoxy) is 1. The molecular weight excluding hydrogens is 456 g/mol. The molecule has 2 atom stereocenters. The zero-order valence-electron chi connectivity index (χ0n) is 19.1. The van der Waals surface area contributed by atoms with E-state index in [1.54, 1.807) is 6.20 Å². The van der Waals surface area contributed by atoms with E-state index in [1.807, 2.05) is 36.4 Å². The molecule has 0 radical (unpaired) electrons. The van der Waals surface area contributed by atoms with Crippen LogP contribution in [0.5, 0.6) is 0 Å². The molecule has 2 aromatic heterocycles. The number of halogens is 1. The summed E-state index contributed by atoms with van der Waals surface area (Å²) in [6.45, 7) is 6.81. The number of thiocarbonyl (C=S) groups is 1. The van der Waals surface area contributed by atoms with Crippen molar-refractivity contribution in [1.29, 1.82) is 0 Å². The quantitative estimate of drug-likeness (QED) is 0.394. The van der Waals surface area contributed by atoms with Gasteiger partial charge in [-0.3, -0.25) is 9.78 Å². The van der Waals surface area contributed by atoms with Crippen molar-refractivity contribution in [2.75, 3.05) is 13.7 Å². The summed E-state index contributed by atoms with van der Waals surface area (Å²) in [6.07, 6.45) is 2.03. The third-order valence-corrected chi connectivity index (χ3v) is 6.94. The standard InChI is InChI=1S/C25H27ClN4O2S/c1-15-16(2)30(19-9-7-8-18(26)14-19)17(3)22(15)24-23(20-10-5-6-12-27-20)28-25(33)29(24)13-11-21(31)32-4/h5-10,12,14,23-24H,11,13H2,1-4H3,(H,28,33)/t23-,24+/m0/s1. The van der Waals surface area contributed by atoms with Gasteiger partial charge in [-0.05, 0) is 68.9 Å². The van der Waals surface area contributed by atoms with Crippen LogP contribution < -0.4 is 5.32 Å². The van der Waals surface area contributed by atoms with Crippen LogP contribution in [0.15, 0.2) is 48.7 Å². The molecule has 4 rings (SSSR count). The van der Waals surface area contributed by atoms with E-state index in [0.29, 0.717) is 16.7 Å². The highest BCUT2D eigenvalue weighted by atomic mass is 35.5. The molecule has 6 nitrogen and oxygen atoms in total. The molecule has 1 saturated heterocycles. The first-order valence-electron chi connectivity index (χ1n) is 10.8. The number of methoxy groups -OCH3 is 1. The Bertz CT molecular complexity index is 1190. The summed E-state index contributed by atoms with van der Waals surface area (Å²) in [5, 5.41) is 4.75. The van der Waals surface area contributed by atoms with Gasteiger partial charge in [-0.25, -0.2) is 0 Å². The molecule has 1 N–H and O–H groups in total. The van der Waals surface area contributed by atoms with Gasteiger partial charge >= 0.3 is 5.97 Å². The lowest BCUT2D eigenvalue weighted by molar-refractivity contribution is -0.140. The van der Waals surface area contributed by atoms with Gasteiger partial charge in [0.05, 0.1) is 31.3 Å². The number of aromatic nitrogens is 2. The van der Waals surface area contributed by atoms with E-state index in [-0.39, 0.29) is 24.5 Å². The van der Waals surface area contributed by atoms with E-state index in [9.17, 15) is 4.79 Å². The smallest absolute Gasteiger partial charge is 0.307 e. The Morgan fingerprint density at radius 1 is 1.18 bits per heavy atom. The second-order valence-electron chi connectivity index (χ2n) is 8.17. The van der Waals surface area contributed by atoms with E-state index in [0.717, 1.165) is 22.8 Å². The van der Waals surface area contributed by atoms with Crippen LogP contribution in [0.2, 0.25) is 5.02 Å². The fourth-order valence-corrected chi connectivity index (χ4v) is 5.23. The van der Waals surface area contributed by atoms with Crippen molar-refractivity contribution in [3.8, 4) is 5.69 Å². The molecule has 1 aliphatic rings. The highest BCUT2D eigenvalue weighted by Gasteiger charge is 2.42. The molecule has 0 saturated carbocycles. The topological polar surface area (TPSA) is 59.4 Å². The Hall–Kier alpha value is -2.90. The lowest BCUT2D eigenvalue weighted by Crippen LogP contribution is -2.32. The van der Waals surface area contributed by atoms with Gasteiger partial charge in [-0.2, -0.15) is 0 Å². The number of nitrogens with one attached hydrogen (secondary N) is 1. The van der Waals surface area contributed by atoms with Gasteiger partial charge in [-0.1, -0.05) is 23.7 Å². The second kappa shape index (κ2) is 9.53. The molecule has 8 heteroatoms. The van der Waals surface area contributed by atoms with E-state index in [2.05, 4.69) is 46.6 Å². The summed E-state index contributed by atoms with van der Waals surface area (Å²) in [7, 11) is 1.40. The van der Waals surface area contributed by atoms with Gasteiger partial charge in [0.1, 0.15) is 0 Å². The number of pyridine rings is 1. The van der Waals surface area contributed by atoms with Gasteiger partial charge < -0.3 is 19.5 Å². The van der Waals surface area contributed by atoms with E-state index in [4.69, 9.17) is 28.6 Å². The highest BCUT2D eigenvalue weighted by Crippen LogP contribution is 2.43. The average Bonchev–Trinajstić information content (AvgIpc) is 3.24. The molecule has 1 aromatic carbocycles. The molecule has 1 fully saturated rings. The molecule has 0 aliphatic carbocycles. The predicted molar refractivity (Wildman–Crippen MR) is 134 cm³/mol. The van der Waals surface area contributed by atoms with E-state index < -0.39 is 0 Å². The third-order valence-electron chi connectivity index (χ3n) is 6.35. The molecule has 1 aliphatic heterocycles.